The number of alkyl halides is 3. The third-order valence-corrected chi connectivity index (χ3v) is 3.33. The minimum atomic E-state index is -4.36. The largest absolute Gasteiger partial charge is 0.443 e. The highest BCUT2D eigenvalue weighted by Gasteiger charge is 2.34. The molecule has 0 amide bonds. The number of nitrogens with two attached hydrogens (primary N) is 1. The second kappa shape index (κ2) is 5.18. The molecule has 0 radical (unpaired) electrons. The summed E-state index contributed by atoms with van der Waals surface area (Å²) in [4.78, 5) is 3.49. The Labute approximate surface area is 94.1 Å². The van der Waals surface area contributed by atoms with Crippen LogP contribution in [-0.2, 0) is 6.18 Å². The van der Waals surface area contributed by atoms with E-state index < -0.39 is 17.2 Å². The van der Waals surface area contributed by atoms with Crippen LogP contribution >= 0.6 is 23.1 Å². The van der Waals surface area contributed by atoms with Gasteiger partial charge >= 0.3 is 6.18 Å². The van der Waals surface area contributed by atoms with E-state index in [-0.39, 0.29) is 0 Å². The molecule has 0 spiro atoms. The summed E-state index contributed by atoms with van der Waals surface area (Å²) in [5, 5.41) is 0.561. The fourth-order valence-electron chi connectivity index (χ4n) is 0.979. The van der Waals surface area contributed by atoms with Gasteiger partial charge in [0.15, 0.2) is 5.01 Å². The van der Waals surface area contributed by atoms with Crippen molar-refractivity contribution in [2.45, 2.75) is 18.6 Å². The topological polar surface area (TPSA) is 38.9 Å². The molecular formula is C8H11F3N2S2. The van der Waals surface area contributed by atoms with Crippen molar-refractivity contribution in [1.82, 2.24) is 4.98 Å². The van der Waals surface area contributed by atoms with Crippen LogP contribution in [0, 0.1) is 0 Å². The van der Waals surface area contributed by atoms with Crippen molar-refractivity contribution in [2.24, 2.45) is 5.73 Å². The Bertz CT molecular complexity index is 311. The lowest BCUT2D eigenvalue weighted by Gasteiger charge is -2.07. The zero-order valence-electron chi connectivity index (χ0n) is 8.04. The maximum Gasteiger partial charge on any atom is 0.443 e. The quantitative estimate of drug-likeness (QED) is 0.900. The Balaban J connectivity index is 2.67. The molecular weight excluding hydrogens is 245 g/mol. The summed E-state index contributed by atoms with van der Waals surface area (Å²) in [6.07, 6.45) is -1.79. The summed E-state index contributed by atoms with van der Waals surface area (Å²) in [6, 6.07) is -0.398. The van der Waals surface area contributed by atoms with Gasteiger partial charge in [-0.2, -0.15) is 24.9 Å². The summed E-state index contributed by atoms with van der Waals surface area (Å²) in [7, 11) is 0. The van der Waals surface area contributed by atoms with Crippen molar-refractivity contribution in [3.05, 3.63) is 16.1 Å². The van der Waals surface area contributed by atoms with Gasteiger partial charge in [-0.05, 0) is 18.4 Å². The predicted molar refractivity (Wildman–Crippen MR) is 57.0 cm³/mol. The van der Waals surface area contributed by atoms with Gasteiger partial charge in [0.05, 0.1) is 5.69 Å². The number of rotatable bonds is 4. The molecule has 0 aromatic carbocycles. The van der Waals surface area contributed by atoms with Gasteiger partial charge in [0.25, 0.3) is 0 Å². The Morgan fingerprint density at radius 1 is 1.60 bits per heavy atom. The highest BCUT2D eigenvalue weighted by atomic mass is 32.2. The summed E-state index contributed by atoms with van der Waals surface area (Å²) < 4.78 is 36.7. The summed E-state index contributed by atoms with van der Waals surface area (Å²) in [5.74, 6) is 0.819. The fraction of sp³-hybridized carbons (Fsp3) is 0.625. The van der Waals surface area contributed by atoms with E-state index in [2.05, 4.69) is 4.98 Å². The molecule has 0 fully saturated rings. The maximum atomic E-state index is 12.2. The first-order valence-electron chi connectivity index (χ1n) is 4.22. The van der Waals surface area contributed by atoms with Gasteiger partial charge in [0, 0.05) is 11.4 Å². The first-order valence-corrected chi connectivity index (χ1v) is 6.49. The Morgan fingerprint density at radius 2 is 2.27 bits per heavy atom. The van der Waals surface area contributed by atoms with Crippen molar-refractivity contribution in [3.8, 4) is 0 Å². The van der Waals surface area contributed by atoms with Crippen molar-refractivity contribution >= 4 is 23.1 Å². The monoisotopic (exact) mass is 256 g/mol. The fourth-order valence-corrected chi connectivity index (χ4v) is 2.22. The van der Waals surface area contributed by atoms with Crippen molar-refractivity contribution in [2.75, 3.05) is 12.0 Å². The standard InChI is InChI=1S/C8H11F3N2S2/c1-14-3-2-5(12)6-4-15-7(13-6)8(9,10)11/h4-5H,2-3,12H2,1H3. The van der Waals surface area contributed by atoms with Gasteiger partial charge in [0.1, 0.15) is 0 Å². The van der Waals surface area contributed by atoms with E-state index >= 15 is 0 Å². The predicted octanol–water partition coefficient (Wildman–Crippen LogP) is 2.91. The average molecular weight is 256 g/mol. The van der Waals surface area contributed by atoms with Gasteiger partial charge < -0.3 is 5.73 Å². The number of thiazole rings is 1. The van der Waals surface area contributed by atoms with E-state index in [1.165, 1.54) is 5.38 Å². The van der Waals surface area contributed by atoms with E-state index in [4.69, 9.17) is 5.73 Å². The minimum Gasteiger partial charge on any atom is -0.323 e. The van der Waals surface area contributed by atoms with Crippen LogP contribution in [0.25, 0.3) is 0 Å². The maximum absolute atomic E-state index is 12.2. The zero-order valence-corrected chi connectivity index (χ0v) is 9.68. The van der Waals surface area contributed by atoms with E-state index in [1.807, 2.05) is 6.26 Å². The normalized spacial score (nSPS) is 14.2. The third kappa shape index (κ3) is 3.66. The number of nitrogens with zero attached hydrogens (tertiary/aromatic N) is 1. The second-order valence-corrected chi connectivity index (χ2v) is 4.81. The van der Waals surface area contributed by atoms with Crippen LogP contribution in [0.4, 0.5) is 13.2 Å². The van der Waals surface area contributed by atoms with Crippen LogP contribution in [0.5, 0.6) is 0 Å². The van der Waals surface area contributed by atoms with Crippen LogP contribution < -0.4 is 5.73 Å². The van der Waals surface area contributed by atoms with Crippen LogP contribution in [0.3, 0.4) is 0 Å². The van der Waals surface area contributed by atoms with Crippen LogP contribution in [0.1, 0.15) is 23.2 Å². The molecule has 7 heteroatoms. The van der Waals surface area contributed by atoms with E-state index in [1.54, 1.807) is 11.8 Å². The molecule has 0 saturated carbocycles. The van der Waals surface area contributed by atoms with Gasteiger partial charge in [-0.15, -0.1) is 11.3 Å². The molecule has 15 heavy (non-hydrogen) atoms. The smallest absolute Gasteiger partial charge is 0.323 e. The lowest BCUT2D eigenvalue weighted by atomic mass is 10.2. The molecule has 0 aliphatic heterocycles. The van der Waals surface area contributed by atoms with Gasteiger partial charge in [-0.1, -0.05) is 0 Å². The second-order valence-electron chi connectivity index (χ2n) is 2.96. The highest BCUT2D eigenvalue weighted by Crippen LogP contribution is 2.32. The molecule has 1 atom stereocenters. The van der Waals surface area contributed by atoms with E-state index in [9.17, 15) is 13.2 Å². The molecule has 2 nitrogen and oxygen atoms in total. The van der Waals surface area contributed by atoms with Crippen molar-refractivity contribution in [1.29, 1.82) is 0 Å². The summed E-state index contributed by atoms with van der Waals surface area (Å²) in [5.41, 5.74) is 6.04. The molecule has 0 aliphatic carbocycles. The first-order chi connectivity index (χ1) is 6.95. The van der Waals surface area contributed by atoms with Crippen molar-refractivity contribution in [3.63, 3.8) is 0 Å². The van der Waals surface area contributed by atoms with E-state index in [0.717, 1.165) is 5.75 Å². The minimum absolute atomic E-state index is 0.335. The number of aromatic nitrogens is 1. The number of hydrogen-bond acceptors (Lipinski definition) is 4. The molecule has 0 saturated heterocycles. The molecule has 1 aromatic rings. The zero-order chi connectivity index (χ0) is 11.5. The number of halogens is 3. The van der Waals surface area contributed by atoms with Gasteiger partial charge in [-0.25, -0.2) is 4.98 Å². The molecule has 2 N–H and O–H groups in total. The Hall–Kier alpha value is -0.270. The average Bonchev–Trinajstić information content (AvgIpc) is 2.62. The SMILES string of the molecule is CSCCC(N)c1csc(C(F)(F)F)n1. The molecule has 86 valence electrons. The molecule has 1 heterocycles. The summed E-state index contributed by atoms with van der Waals surface area (Å²) >= 11 is 2.21. The third-order valence-electron chi connectivity index (χ3n) is 1.78. The van der Waals surface area contributed by atoms with Gasteiger partial charge in [0.2, 0.25) is 0 Å². The number of thioether (sulfide) groups is 1. The Kier molecular flexibility index (Phi) is 4.42. The van der Waals surface area contributed by atoms with Crippen molar-refractivity contribution < 1.29 is 13.2 Å². The van der Waals surface area contributed by atoms with Crippen LogP contribution in [0.15, 0.2) is 5.38 Å². The van der Waals surface area contributed by atoms with Crippen LogP contribution in [-0.4, -0.2) is 17.0 Å². The highest BCUT2D eigenvalue weighted by molar-refractivity contribution is 7.98. The Morgan fingerprint density at radius 3 is 2.73 bits per heavy atom. The molecule has 1 aromatic heterocycles. The lowest BCUT2D eigenvalue weighted by Crippen LogP contribution is -2.13. The lowest BCUT2D eigenvalue weighted by molar-refractivity contribution is -0.137. The first kappa shape index (κ1) is 12.8. The molecule has 0 aliphatic rings. The molecule has 1 unspecified atom stereocenters. The molecule has 0 bridgehead atoms. The van der Waals surface area contributed by atoms with E-state index in [0.29, 0.717) is 23.5 Å². The van der Waals surface area contributed by atoms with Gasteiger partial charge in [-0.3, -0.25) is 0 Å². The summed E-state index contributed by atoms with van der Waals surface area (Å²) in [6.45, 7) is 0. The number of hydrogen-bond donors (Lipinski definition) is 1. The van der Waals surface area contributed by atoms with Crippen LogP contribution in [0.2, 0.25) is 0 Å². The molecule has 1 rings (SSSR count).